The van der Waals surface area contributed by atoms with E-state index in [1.54, 1.807) is 6.92 Å². The van der Waals surface area contributed by atoms with E-state index in [-0.39, 0.29) is 62.0 Å². The molecule has 1 saturated heterocycles. The van der Waals surface area contributed by atoms with Crippen molar-refractivity contribution in [2.75, 3.05) is 6.35 Å². The molecule has 22 heavy (non-hydrogen) atoms. The topological polar surface area (TPSA) is 131 Å². The van der Waals surface area contributed by atoms with E-state index in [0.29, 0.717) is 18.4 Å². The summed E-state index contributed by atoms with van der Waals surface area (Å²) in [5.74, 6) is 0. The van der Waals surface area contributed by atoms with E-state index < -0.39 is 37.7 Å². The molecular formula is C10H17N2Na2O7P. The van der Waals surface area contributed by atoms with Gasteiger partial charge in [0.25, 0.3) is 5.56 Å². The van der Waals surface area contributed by atoms with Crippen LogP contribution in [0.3, 0.4) is 0 Å². The molecule has 0 unspecified atom stereocenters. The maximum atomic E-state index is 11.7. The summed E-state index contributed by atoms with van der Waals surface area (Å²) in [5, 5.41) is 0. The van der Waals surface area contributed by atoms with Crippen molar-refractivity contribution in [2.24, 2.45) is 0 Å². The van der Waals surface area contributed by atoms with Crippen molar-refractivity contribution in [3.63, 3.8) is 0 Å². The summed E-state index contributed by atoms with van der Waals surface area (Å²) in [7, 11) is -4.25. The average Bonchev–Trinajstić information content (AvgIpc) is 2.79. The van der Waals surface area contributed by atoms with Gasteiger partial charge in [-0.2, -0.15) is 0 Å². The first-order chi connectivity index (χ1) is 9.26. The Bertz CT molecular complexity index is 665. The third kappa shape index (κ3) is 6.33. The van der Waals surface area contributed by atoms with Gasteiger partial charge in [0.05, 0.1) is 0 Å². The maximum absolute atomic E-state index is 11.7. The van der Waals surface area contributed by atoms with Gasteiger partial charge in [0, 0.05) is 18.2 Å². The van der Waals surface area contributed by atoms with E-state index in [4.69, 9.17) is 19.3 Å². The Morgan fingerprint density at radius 1 is 1.45 bits per heavy atom. The molecule has 1 aliphatic rings. The molecule has 1 aromatic heterocycles. The molecule has 0 saturated carbocycles. The van der Waals surface area contributed by atoms with Gasteiger partial charge in [0.15, 0.2) is 12.6 Å². The number of rotatable bonds is 4. The number of hydrogen-bond donors (Lipinski definition) is 3. The normalized spacial score (nSPS) is 21.0. The first-order valence-corrected chi connectivity index (χ1v) is 7.70. The predicted molar refractivity (Wildman–Crippen MR) is 69.4 cm³/mol. The summed E-state index contributed by atoms with van der Waals surface area (Å²) in [6, 6.07) is 0. The minimum absolute atomic E-state index is 0. The molecule has 9 nitrogen and oxygen atoms in total. The van der Waals surface area contributed by atoms with Gasteiger partial charge in [-0.1, -0.05) is 0 Å². The smallest absolute Gasteiger partial charge is 1.00 e. The molecule has 12 heteroatoms. The van der Waals surface area contributed by atoms with Crippen LogP contribution in [0.15, 0.2) is 15.8 Å². The van der Waals surface area contributed by atoms with Crippen LogP contribution in [0.25, 0.3) is 0 Å². The zero-order valence-corrected chi connectivity index (χ0v) is 17.6. The molecule has 1 fully saturated rings. The van der Waals surface area contributed by atoms with Gasteiger partial charge in [-0.3, -0.25) is 18.9 Å². The molecule has 0 radical (unpaired) electrons. The van der Waals surface area contributed by atoms with E-state index in [0.717, 1.165) is 0 Å². The first-order valence-electron chi connectivity index (χ1n) is 5.90. The van der Waals surface area contributed by atoms with E-state index in [2.05, 4.69) is 4.98 Å². The van der Waals surface area contributed by atoms with Crippen molar-refractivity contribution < 1.29 is 85.8 Å². The molecule has 0 aromatic carbocycles. The van der Waals surface area contributed by atoms with Crippen LogP contribution in [-0.4, -0.2) is 32.0 Å². The summed E-state index contributed by atoms with van der Waals surface area (Å²) in [4.78, 5) is 42.5. The number of aromatic amines is 1. The number of aryl methyl sites for hydroxylation is 1. The number of hydrogen-bond acceptors (Lipinski definition) is 5. The van der Waals surface area contributed by atoms with Crippen LogP contribution >= 0.6 is 7.60 Å². The molecule has 3 N–H and O–H groups in total. The Balaban J connectivity index is -0.00000110. The maximum Gasteiger partial charge on any atom is 1.00 e. The summed E-state index contributed by atoms with van der Waals surface area (Å²) in [6.07, 6.45) is 0.0831. The number of nitrogens with one attached hydrogen (secondary N) is 1. The zero-order valence-electron chi connectivity index (χ0n) is 14.7. The van der Waals surface area contributed by atoms with Crippen molar-refractivity contribution in [1.29, 1.82) is 0 Å². The fourth-order valence-corrected chi connectivity index (χ4v) is 2.26. The van der Waals surface area contributed by atoms with Crippen LogP contribution in [0.1, 0.15) is 27.5 Å². The quantitative estimate of drug-likeness (QED) is 0.362. The van der Waals surface area contributed by atoms with Crippen molar-refractivity contribution >= 4 is 7.60 Å². The van der Waals surface area contributed by atoms with Crippen molar-refractivity contribution in [3.8, 4) is 0 Å². The molecule has 0 spiro atoms. The Labute approximate surface area is 173 Å². The molecule has 2 atom stereocenters. The van der Waals surface area contributed by atoms with Gasteiger partial charge in [-0.25, -0.2) is 4.79 Å². The molecule has 0 aliphatic carbocycles. The first kappa shape index (κ1) is 22.8. The predicted octanol–water partition coefficient (Wildman–Crippen LogP) is -6.14. The van der Waals surface area contributed by atoms with Gasteiger partial charge < -0.3 is 22.1 Å². The van der Waals surface area contributed by atoms with Gasteiger partial charge in [0.1, 0.15) is 6.23 Å². The van der Waals surface area contributed by atoms with Crippen molar-refractivity contribution in [3.05, 3.63) is 32.6 Å². The molecule has 1 aromatic rings. The summed E-state index contributed by atoms with van der Waals surface area (Å²) < 4.78 is 22.3. The molecule has 0 bridgehead atoms. The van der Waals surface area contributed by atoms with Gasteiger partial charge in [-0.05, 0) is 13.3 Å². The standard InChI is InChI=1S/C10H15N2O7P.2Na.2H/c1-6-4-12(10(14)11-9(6)13)7-2-3-8(19-7)18-5-20(15,16)17;;;;/h4,7-8H,2-3,5H2,1H3,(H,11,13,14)(H2,15,16,17);;;;/q;2*+1;2*-1/t7-,8+;;;;/m1..../s1. The molecular weight excluding hydrogens is 337 g/mol. The fraction of sp³-hybridized carbons (Fsp3) is 0.600. The Morgan fingerprint density at radius 2 is 2.09 bits per heavy atom. The average molecular weight is 354 g/mol. The third-order valence-electron chi connectivity index (χ3n) is 2.84. The van der Waals surface area contributed by atoms with Crippen LogP contribution in [0.2, 0.25) is 0 Å². The summed E-state index contributed by atoms with van der Waals surface area (Å²) in [6.45, 7) is 1.56. The Kier molecular flexibility index (Phi) is 9.61. The number of ether oxygens (including phenoxy) is 2. The van der Waals surface area contributed by atoms with Crippen molar-refractivity contribution in [2.45, 2.75) is 32.3 Å². The molecule has 2 rings (SSSR count). The minimum Gasteiger partial charge on any atom is -1.00 e. The molecule has 1 aliphatic heterocycles. The van der Waals surface area contributed by atoms with E-state index in [9.17, 15) is 14.2 Å². The summed E-state index contributed by atoms with van der Waals surface area (Å²) >= 11 is 0. The molecule has 116 valence electrons. The number of aromatic nitrogens is 2. The molecule has 0 amide bonds. The second kappa shape index (κ2) is 9.29. The van der Waals surface area contributed by atoms with Gasteiger partial charge >= 0.3 is 72.4 Å². The van der Waals surface area contributed by atoms with Crippen LogP contribution in [0.4, 0.5) is 0 Å². The number of nitrogens with zero attached hydrogens (tertiary/aromatic N) is 1. The molecule has 2 heterocycles. The van der Waals surface area contributed by atoms with Crippen LogP contribution in [0, 0.1) is 6.92 Å². The van der Waals surface area contributed by atoms with E-state index in [1.165, 1.54) is 10.8 Å². The fourth-order valence-electron chi connectivity index (χ4n) is 1.90. The Morgan fingerprint density at radius 3 is 2.68 bits per heavy atom. The van der Waals surface area contributed by atoms with Crippen LogP contribution < -0.4 is 70.4 Å². The number of H-pyrrole nitrogens is 1. The van der Waals surface area contributed by atoms with Crippen molar-refractivity contribution in [1.82, 2.24) is 9.55 Å². The van der Waals surface area contributed by atoms with Crippen LogP contribution in [-0.2, 0) is 14.0 Å². The summed E-state index contributed by atoms with van der Waals surface area (Å²) in [5.41, 5.74) is -0.687. The van der Waals surface area contributed by atoms with Gasteiger partial charge in [0.2, 0.25) is 0 Å². The van der Waals surface area contributed by atoms with Gasteiger partial charge in [-0.15, -0.1) is 0 Å². The van der Waals surface area contributed by atoms with E-state index in [1.807, 2.05) is 0 Å². The SMILES string of the molecule is Cc1cn([C@H]2CC[C@@H](OCP(=O)(O)O)O2)c(=O)[nH]c1=O.[H-].[H-].[Na+].[Na+]. The largest absolute Gasteiger partial charge is 1.00 e. The second-order valence-corrected chi connectivity index (χ2v) is 6.12. The monoisotopic (exact) mass is 354 g/mol. The second-order valence-electron chi connectivity index (χ2n) is 4.54. The zero-order chi connectivity index (χ0) is 14.9. The van der Waals surface area contributed by atoms with E-state index >= 15 is 0 Å². The Hall–Kier alpha value is 0.750. The third-order valence-corrected chi connectivity index (χ3v) is 3.33. The minimum atomic E-state index is -4.25. The van der Waals surface area contributed by atoms with Crippen LogP contribution in [0.5, 0.6) is 0 Å².